The number of fused-ring (bicyclic) bond motifs is 1. The van der Waals surface area contributed by atoms with Gasteiger partial charge in [0.15, 0.2) is 5.11 Å². The van der Waals surface area contributed by atoms with Crippen molar-refractivity contribution in [2.24, 2.45) is 5.92 Å². The number of carbonyl (C=O) groups is 2. The van der Waals surface area contributed by atoms with E-state index in [1.54, 1.807) is 25.1 Å². The molecule has 0 saturated heterocycles. The van der Waals surface area contributed by atoms with Crippen molar-refractivity contribution in [3.05, 3.63) is 44.2 Å². The average molecular weight is 530 g/mol. The Labute approximate surface area is 212 Å². The van der Waals surface area contributed by atoms with Crippen LogP contribution in [-0.4, -0.2) is 30.2 Å². The van der Waals surface area contributed by atoms with Gasteiger partial charge >= 0.3 is 5.97 Å². The molecule has 33 heavy (non-hydrogen) atoms. The Hall–Kier alpha value is -1.87. The molecule has 1 aromatic carbocycles. The summed E-state index contributed by atoms with van der Waals surface area (Å²) >= 11 is 18.8. The number of esters is 1. The van der Waals surface area contributed by atoms with Crippen LogP contribution in [0.15, 0.2) is 18.2 Å². The third kappa shape index (κ3) is 7.06. The van der Waals surface area contributed by atoms with Crippen molar-refractivity contribution in [1.82, 2.24) is 5.32 Å². The van der Waals surface area contributed by atoms with E-state index < -0.39 is 0 Å². The number of benzene rings is 1. The molecule has 1 aromatic heterocycles. The Morgan fingerprint density at radius 1 is 1.30 bits per heavy atom. The van der Waals surface area contributed by atoms with E-state index in [1.165, 1.54) is 16.2 Å². The third-order valence-corrected chi connectivity index (χ3v) is 7.08. The molecule has 0 radical (unpaired) electrons. The monoisotopic (exact) mass is 528 g/mol. The lowest BCUT2D eigenvalue weighted by atomic mass is 9.88. The summed E-state index contributed by atoms with van der Waals surface area (Å²) in [7, 11) is 0. The molecule has 0 saturated carbocycles. The molecule has 0 bridgehead atoms. The standard InChI is InChI=1S/C23H26Cl2N2O4S2/c1-3-30-22(29)20-15-8-6-13(2)11-18(15)33-21(20)27-23(32)26-19(28)5-4-10-31-17-9-7-14(24)12-16(17)25/h7,9,12-13H,3-6,8,10-11H2,1-2H3,(H2,26,27,28,32). The summed E-state index contributed by atoms with van der Waals surface area (Å²) in [6.07, 6.45) is 3.48. The first-order chi connectivity index (χ1) is 15.8. The van der Waals surface area contributed by atoms with E-state index in [0.29, 0.717) is 51.9 Å². The number of halogens is 2. The molecular formula is C23H26Cl2N2O4S2. The van der Waals surface area contributed by atoms with E-state index in [1.807, 2.05) is 0 Å². The minimum atomic E-state index is -0.362. The van der Waals surface area contributed by atoms with Gasteiger partial charge in [0, 0.05) is 16.3 Å². The molecule has 2 aromatic rings. The van der Waals surface area contributed by atoms with Gasteiger partial charge in [-0.1, -0.05) is 30.1 Å². The van der Waals surface area contributed by atoms with Crippen molar-refractivity contribution in [2.45, 2.75) is 46.0 Å². The summed E-state index contributed by atoms with van der Waals surface area (Å²) in [6, 6.07) is 4.97. The molecule has 0 spiro atoms. The van der Waals surface area contributed by atoms with Gasteiger partial charge in [-0.3, -0.25) is 4.79 Å². The van der Waals surface area contributed by atoms with E-state index in [0.717, 1.165) is 24.8 Å². The van der Waals surface area contributed by atoms with Crippen LogP contribution < -0.4 is 15.4 Å². The Balaban J connectivity index is 1.53. The second-order valence-electron chi connectivity index (χ2n) is 7.81. The van der Waals surface area contributed by atoms with Crippen LogP contribution in [0.4, 0.5) is 5.00 Å². The second-order valence-corrected chi connectivity index (χ2v) is 10.2. The molecule has 178 valence electrons. The highest BCUT2D eigenvalue weighted by molar-refractivity contribution is 7.80. The summed E-state index contributed by atoms with van der Waals surface area (Å²) < 4.78 is 10.9. The van der Waals surface area contributed by atoms with Crippen LogP contribution >= 0.6 is 46.8 Å². The van der Waals surface area contributed by atoms with Gasteiger partial charge < -0.3 is 20.1 Å². The fourth-order valence-corrected chi connectivity index (χ4v) is 5.74. The highest BCUT2D eigenvalue weighted by Crippen LogP contribution is 2.40. The number of amides is 1. The van der Waals surface area contributed by atoms with Crippen molar-refractivity contribution in [3.8, 4) is 5.75 Å². The molecule has 3 rings (SSSR count). The summed E-state index contributed by atoms with van der Waals surface area (Å²) in [4.78, 5) is 26.1. The second kappa shape index (κ2) is 12.0. The number of rotatable bonds is 8. The van der Waals surface area contributed by atoms with Crippen LogP contribution in [0.25, 0.3) is 0 Å². The maximum absolute atomic E-state index is 12.6. The molecular weight excluding hydrogens is 503 g/mol. The number of ether oxygens (including phenoxy) is 2. The zero-order valence-electron chi connectivity index (χ0n) is 18.5. The van der Waals surface area contributed by atoms with Crippen molar-refractivity contribution in [1.29, 1.82) is 0 Å². The van der Waals surface area contributed by atoms with Gasteiger partial charge in [0.1, 0.15) is 10.8 Å². The molecule has 10 heteroatoms. The molecule has 1 atom stereocenters. The van der Waals surface area contributed by atoms with Gasteiger partial charge in [0.2, 0.25) is 5.91 Å². The van der Waals surface area contributed by atoms with E-state index in [9.17, 15) is 9.59 Å². The van der Waals surface area contributed by atoms with Gasteiger partial charge in [-0.05, 0) is 74.5 Å². The number of nitrogens with one attached hydrogen (secondary N) is 2. The van der Waals surface area contributed by atoms with Crippen molar-refractivity contribution < 1.29 is 19.1 Å². The molecule has 6 nitrogen and oxygen atoms in total. The number of hydrogen-bond acceptors (Lipinski definition) is 6. The summed E-state index contributed by atoms with van der Waals surface area (Å²) in [5, 5.41) is 7.43. The molecule has 2 N–H and O–H groups in total. The minimum Gasteiger partial charge on any atom is -0.492 e. The number of carbonyl (C=O) groups excluding carboxylic acids is 2. The maximum Gasteiger partial charge on any atom is 0.341 e. The van der Waals surface area contributed by atoms with Crippen LogP contribution in [0.2, 0.25) is 10.0 Å². The fourth-order valence-electron chi connectivity index (χ4n) is 3.59. The summed E-state index contributed by atoms with van der Waals surface area (Å²) in [5.41, 5.74) is 1.57. The van der Waals surface area contributed by atoms with Gasteiger partial charge in [-0.2, -0.15) is 0 Å². The van der Waals surface area contributed by atoms with Gasteiger partial charge in [-0.15, -0.1) is 11.3 Å². The third-order valence-electron chi connectivity index (χ3n) is 5.17. The normalized spacial score (nSPS) is 14.8. The topological polar surface area (TPSA) is 76.7 Å². The Bertz CT molecular complexity index is 1040. The van der Waals surface area contributed by atoms with Crippen LogP contribution in [0, 0.1) is 5.92 Å². The van der Waals surface area contributed by atoms with Crippen LogP contribution in [0.5, 0.6) is 5.75 Å². The first kappa shape index (κ1) is 25.7. The molecule has 0 aliphatic heterocycles. The van der Waals surface area contributed by atoms with Crippen LogP contribution in [-0.2, 0) is 22.4 Å². The Morgan fingerprint density at radius 3 is 2.82 bits per heavy atom. The van der Waals surface area contributed by atoms with Crippen LogP contribution in [0.3, 0.4) is 0 Å². The highest BCUT2D eigenvalue weighted by atomic mass is 35.5. The lowest BCUT2D eigenvalue weighted by Crippen LogP contribution is -2.34. The zero-order chi connectivity index (χ0) is 24.0. The molecule has 0 fully saturated rings. The molecule has 1 aliphatic rings. The van der Waals surface area contributed by atoms with Crippen molar-refractivity contribution >= 4 is 68.7 Å². The van der Waals surface area contributed by atoms with Crippen molar-refractivity contribution in [2.75, 3.05) is 18.5 Å². The minimum absolute atomic E-state index is 0.152. The predicted molar refractivity (Wildman–Crippen MR) is 137 cm³/mol. The number of thiophene rings is 1. The predicted octanol–water partition coefficient (Wildman–Crippen LogP) is 6.03. The maximum atomic E-state index is 12.6. The summed E-state index contributed by atoms with van der Waals surface area (Å²) in [6.45, 7) is 4.60. The number of anilines is 1. The smallest absolute Gasteiger partial charge is 0.341 e. The first-order valence-electron chi connectivity index (χ1n) is 10.8. The van der Waals surface area contributed by atoms with Gasteiger partial charge in [0.25, 0.3) is 0 Å². The van der Waals surface area contributed by atoms with E-state index in [2.05, 4.69) is 17.6 Å². The zero-order valence-corrected chi connectivity index (χ0v) is 21.6. The molecule has 1 aliphatic carbocycles. The lowest BCUT2D eigenvalue weighted by Gasteiger charge is -2.18. The largest absolute Gasteiger partial charge is 0.492 e. The lowest BCUT2D eigenvalue weighted by molar-refractivity contribution is -0.119. The Morgan fingerprint density at radius 2 is 2.09 bits per heavy atom. The summed E-state index contributed by atoms with van der Waals surface area (Å²) in [5.74, 6) is 0.474. The van der Waals surface area contributed by atoms with Gasteiger partial charge in [-0.25, -0.2) is 4.79 Å². The Kier molecular flexibility index (Phi) is 9.37. The van der Waals surface area contributed by atoms with E-state index in [4.69, 9.17) is 44.9 Å². The SMILES string of the molecule is CCOC(=O)c1c(NC(=S)NC(=O)CCCOc2ccc(Cl)cc2Cl)sc2c1CCC(C)C2. The van der Waals surface area contributed by atoms with Gasteiger partial charge in [0.05, 0.1) is 23.8 Å². The highest BCUT2D eigenvalue weighted by Gasteiger charge is 2.28. The van der Waals surface area contributed by atoms with Crippen LogP contribution in [0.1, 0.15) is 53.9 Å². The molecule has 1 heterocycles. The van der Waals surface area contributed by atoms with E-state index in [-0.39, 0.29) is 23.4 Å². The first-order valence-corrected chi connectivity index (χ1v) is 12.8. The number of hydrogen-bond donors (Lipinski definition) is 2. The average Bonchev–Trinajstić information content (AvgIpc) is 3.09. The number of thiocarbonyl (C=S) groups is 1. The molecule has 1 unspecified atom stereocenters. The van der Waals surface area contributed by atoms with Crippen molar-refractivity contribution in [3.63, 3.8) is 0 Å². The fraction of sp³-hybridized carbons (Fsp3) is 0.435. The van der Waals surface area contributed by atoms with E-state index >= 15 is 0 Å². The molecule has 1 amide bonds. The quantitative estimate of drug-likeness (QED) is 0.247.